The summed E-state index contributed by atoms with van der Waals surface area (Å²) < 4.78 is 0. The Bertz CT molecular complexity index is 690. The molecule has 0 spiro atoms. The Labute approximate surface area is 104 Å². The maximum absolute atomic E-state index is 5.81. The van der Waals surface area contributed by atoms with E-state index >= 15 is 0 Å². The Balaban J connectivity index is 2.08. The Kier molecular flexibility index (Phi) is 2.49. The minimum Gasteiger partial charge on any atom is -0.394 e. The standard InChI is InChI=1S/C13H11N5/c14-11-7-16-8-17-13(11)18-12-3-1-2-9-6-15-5-4-10(9)12/h1-8H,14H2,(H,16,17,18). The molecule has 0 amide bonds. The topological polar surface area (TPSA) is 76.7 Å². The fourth-order valence-electron chi connectivity index (χ4n) is 1.80. The van der Waals surface area contributed by atoms with Gasteiger partial charge in [-0.2, -0.15) is 0 Å². The Morgan fingerprint density at radius 1 is 1.06 bits per heavy atom. The van der Waals surface area contributed by atoms with Crippen LogP contribution in [0, 0.1) is 0 Å². The van der Waals surface area contributed by atoms with E-state index in [4.69, 9.17) is 5.73 Å². The zero-order valence-corrected chi connectivity index (χ0v) is 9.54. The van der Waals surface area contributed by atoms with Crippen molar-refractivity contribution in [1.29, 1.82) is 0 Å². The minimum absolute atomic E-state index is 0.517. The smallest absolute Gasteiger partial charge is 0.157 e. The molecule has 0 aliphatic carbocycles. The average molecular weight is 237 g/mol. The fraction of sp³-hybridized carbons (Fsp3) is 0. The molecule has 18 heavy (non-hydrogen) atoms. The Hall–Kier alpha value is -2.69. The molecule has 0 saturated heterocycles. The summed E-state index contributed by atoms with van der Waals surface area (Å²) in [4.78, 5) is 12.1. The van der Waals surface area contributed by atoms with E-state index in [1.807, 2.05) is 30.5 Å². The van der Waals surface area contributed by atoms with E-state index in [2.05, 4.69) is 20.3 Å². The van der Waals surface area contributed by atoms with Gasteiger partial charge in [0.1, 0.15) is 6.33 Å². The van der Waals surface area contributed by atoms with Crippen molar-refractivity contribution in [3.63, 3.8) is 0 Å². The molecule has 2 aromatic heterocycles. The molecule has 3 aromatic rings. The van der Waals surface area contributed by atoms with Gasteiger partial charge in [0.05, 0.1) is 11.9 Å². The predicted molar refractivity (Wildman–Crippen MR) is 71.5 cm³/mol. The van der Waals surface area contributed by atoms with Crippen molar-refractivity contribution >= 4 is 28.0 Å². The second kappa shape index (κ2) is 4.29. The quantitative estimate of drug-likeness (QED) is 0.715. The lowest BCUT2D eigenvalue weighted by atomic mass is 10.1. The molecule has 1 aromatic carbocycles. The number of nitrogen functional groups attached to an aromatic ring is 1. The van der Waals surface area contributed by atoms with Crippen LogP contribution in [0.1, 0.15) is 0 Å². The van der Waals surface area contributed by atoms with Gasteiger partial charge in [-0.25, -0.2) is 9.97 Å². The van der Waals surface area contributed by atoms with E-state index in [9.17, 15) is 0 Å². The Morgan fingerprint density at radius 3 is 2.89 bits per heavy atom. The number of nitrogens with two attached hydrogens (primary N) is 1. The van der Waals surface area contributed by atoms with Gasteiger partial charge in [0.25, 0.3) is 0 Å². The average Bonchev–Trinajstić information content (AvgIpc) is 2.42. The molecule has 2 heterocycles. The minimum atomic E-state index is 0.517. The van der Waals surface area contributed by atoms with Crippen LogP contribution in [-0.2, 0) is 0 Å². The van der Waals surface area contributed by atoms with E-state index in [1.165, 1.54) is 6.33 Å². The summed E-state index contributed by atoms with van der Waals surface area (Å²) >= 11 is 0. The van der Waals surface area contributed by atoms with E-state index in [0.29, 0.717) is 11.5 Å². The molecule has 0 unspecified atom stereocenters. The van der Waals surface area contributed by atoms with Crippen molar-refractivity contribution in [3.05, 3.63) is 49.2 Å². The second-order valence-corrected chi connectivity index (χ2v) is 3.85. The van der Waals surface area contributed by atoms with Crippen molar-refractivity contribution in [1.82, 2.24) is 15.0 Å². The van der Waals surface area contributed by atoms with Crippen LogP contribution in [0.15, 0.2) is 49.2 Å². The summed E-state index contributed by atoms with van der Waals surface area (Å²) in [5.41, 5.74) is 7.27. The highest BCUT2D eigenvalue weighted by atomic mass is 15.0. The van der Waals surface area contributed by atoms with Gasteiger partial charge in [0, 0.05) is 28.9 Å². The lowest BCUT2D eigenvalue weighted by Gasteiger charge is -2.09. The molecule has 0 bridgehead atoms. The molecule has 5 heteroatoms. The monoisotopic (exact) mass is 237 g/mol. The van der Waals surface area contributed by atoms with Gasteiger partial charge in [-0.3, -0.25) is 4.98 Å². The number of pyridine rings is 1. The first-order chi connectivity index (χ1) is 8.84. The number of rotatable bonds is 2. The highest BCUT2D eigenvalue weighted by Crippen LogP contribution is 2.26. The molecule has 0 aliphatic heterocycles. The largest absolute Gasteiger partial charge is 0.394 e. The van der Waals surface area contributed by atoms with E-state index in [0.717, 1.165) is 16.5 Å². The predicted octanol–water partition coefficient (Wildman–Crippen LogP) is 2.35. The third-order valence-electron chi connectivity index (χ3n) is 2.67. The van der Waals surface area contributed by atoms with E-state index in [1.54, 1.807) is 12.4 Å². The highest BCUT2D eigenvalue weighted by molar-refractivity contribution is 5.95. The lowest BCUT2D eigenvalue weighted by Crippen LogP contribution is -2.00. The van der Waals surface area contributed by atoms with Gasteiger partial charge < -0.3 is 11.1 Å². The normalized spacial score (nSPS) is 10.4. The molecule has 5 nitrogen and oxygen atoms in total. The van der Waals surface area contributed by atoms with Crippen LogP contribution < -0.4 is 11.1 Å². The zero-order chi connectivity index (χ0) is 12.4. The summed E-state index contributed by atoms with van der Waals surface area (Å²) in [6.07, 6.45) is 6.62. The second-order valence-electron chi connectivity index (χ2n) is 3.85. The number of hydrogen-bond acceptors (Lipinski definition) is 5. The molecule has 0 atom stereocenters. The number of nitrogens with zero attached hydrogens (tertiary/aromatic N) is 3. The van der Waals surface area contributed by atoms with E-state index in [-0.39, 0.29) is 0 Å². The first-order valence-electron chi connectivity index (χ1n) is 5.50. The van der Waals surface area contributed by atoms with Gasteiger partial charge in [-0.1, -0.05) is 12.1 Å². The number of anilines is 3. The van der Waals surface area contributed by atoms with Crippen molar-refractivity contribution in [2.45, 2.75) is 0 Å². The summed E-state index contributed by atoms with van der Waals surface area (Å²) in [6, 6.07) is 7.90. The third-order valence-corrected chi connectivity index (χ3v) is 2.67. The summed E-state index contributed by atoms with van der Waals surface area (Å²) in [5.74, 6) is 0.606. The first-order valence-corrected chi connectivity index (χ1v) is 5.50. The Morgan fingerprint density at radius 2 is 2.00 bits per heavy atom. The molecule has 3 rings (SSSR count). The van der Waals surface area contributed by atoms with Gasteiger partial charge >= 0.3 is 0 Å². The molecule has 0 fully saturated rings. The van der Waals surface area contributed by atoms with Crippen LogP contribution in [0.3, 0.4) is 0 Å². The van der Waals surface area contributed by atoms with Gasteiger partial charge in [0.15, 0.2) is 5.82 Å². The van der Waals surface area contributed by atoms with Gasteiger partial charge in [-0.15, -0.1) is 0 Å². The molecule has 88 valence electrons. The summed E-state index contributed by atoms with van der Waals surface area (Å²) in [6.45, 7) is 0. The van der Waals surface area contributed by atoms with Crippen LogP contribution in [0.4, 0.5) is 17.2 Å². The van der Waals surface area contributed by atoms with Crippen molar-refractivity contribution in [2.75, 3.05) is 11.1 Å². The number of aromatic nitrogens is 3. The number of benzene rings is 1. The molecule has 0 radical (unpaired) electrons. The third kappa shape index (κ3) is 1.82. The van der Waals surface area contributed by atoms with Crippen LogP contribution in [0.25, 0.3) is 10.8 Å². The maximum Gasteiger partial charge on any atom is 0.157 e. The van der Waals surface area contributed by atoms with Crippen molar-refractivity contribution in [2.24, 2.45) is 0 Å². The fourth-order valence-corrected chi connectivity index (χ4v) is 1.80. The highest BCUT2D eigenvalue weighted by Gasteiger charge is 2.04. The van der Waals surface area contributed by atoms with Crippen LogP contribution in [-0.4, -0.2) is 15.0 Å². The van der Waals surface area contributed by atoms with Crippen LogP contribution in [0.5, 0.6) is 0 Å². The summed E-state index contributed by atoms with van der Waals surface area (Å²) in [7, 11) is 0. The van der Waals surface area contributed by atoms with E-state index < -0.39 is 0 Å². The van der Waals surface area contributed by atoms with Crippen molar-refractivity contribution in [3.8, 4) is 0 Å². The maximum atomic E-state index is 5.81. The lowest BCUT2D eigenvalue weighted by molar-refractivity contribution is 1.17. The number of fused-ring (bicyclic) bond motifs is 1. The van der Waals surface area contributed by atoms with Gasteiger partial charge in [-0.05, 0) is 12.1 Å². The van der Waals surface area contributed by atoms with Crippen LogP contribution in [0.2, 0.25) is 0 Å². The molecule has 0 saturated carbocycles. The molecular formula is C13H11N5. The summed E-state index contributed by atoms with van der Waals surface area (Å²) in [5, 5.41) is 5.35. The van der Waals surface area contributed by atoms with Crippen molar-refractivity contribution < 1.29 is 0 Å². The SMILES string of the molecule is Nc1cncnc1Nc1cccc2cnccc12. The first kappa shape index (κ1) is 10.5. The number of nitrogens with one attached hydrogen (secondary N) is 1. The van der Waals surface area contributed by atoms with Gasteiger partial charge in [0.2, 0.25) is 0 Å². The molecule has 3 N–H and O–H groups in total. The zero-order valence-electron chi connectivity index (χ0n) is 9.54. The van der Waals surface area contributed by atoms with Crippen LogP contribution >= 0.6 is 0 Å². The number of hydrogen-bond donors (Lipinski definition) is 2. The molecular weight excluding hydrogens is 226 g/mol. The molecule has 0 aliphatic rings.